The van der Waals surface area contributed by atoms with E-state index in [2.05, 4.69) is 4.98 Å². The smallest absolute Gasteiger partial charge is 0.165 e. The van der Waals surface area contributed by atoms with E-state index in [0.717, 1.165) is 11.1 Å². The maximum Gasteiger partial charge on any atom is 0.165 e. The van der Waals surface area contributed by atoms with Crippen molar-refractivity contribution >= 4 is 0 Å². The molecule has 0 aliphatic carbocycles. The highest BCUT2D eigenvalue weighted by molar-refractivity contribution is 5.37. The van der Waals surface area contributed by atoms with Gasteiger partial charge in [-0.25, -0.2) is 4.39 Å². The van der Waals surface area contributed by atoms with E-state index in [0.29, 0.717) is 5.56 Å². The third-order valence-electron chi connectivity index (χ3n) is 2.95. The molecule has 2 rings (SSSR count). The molecule has 1 unspecified atom stereocenters. The van der Waals surface area contributed by atoms with Gasteiger partial charge in [-0.2, -0.15) is 0 Å². The van der Waals surface area contributed by atoms with Gasteiger partial charge in [-0.3, -0.25) is 4.98 Å². The second kappa shape index (κ2) is 5.14. The number of aryl methyl sites for hydroxylation is 1. The first-order valence-corrected chi connectivity index (χ1v) is 5.63. The van der Waals surface area contributed by atoms with Gasteiger partial charge in [0.05, 0.1) is 13.2 Å². The van der Waals surface area contributed by atoms with Crippen molar-refractivity contribution in [1.29, 1.82) is 0 Å². The quantitative estimate of drug-likeness (QED) is 0.905. The summed E-state index contributed by atoms with van der Waals surface area (Å²) in [4.78, 5) is 4.05. The largest absolute Gasteiger partial charge is 0.494 e. The fourth-order valence-electron chi connectivity index (χ4n) is 1.86. The molecule has 94 valence electrons. The Balaban J connectivity index is 2.37. The Morgan fingerprint density at radius 3 is 2.72 bits per heavy atom. The summed E-state index contributed by atoms with van der Waals surface area (Å²) in [6, 6.07) is 6.24. The first-order chi connectivity index (χ1) is 8.63. The summed E-state index contributed by atoms with van der Waals surface area (Å²) in [5.74, 6) is -0.194. The first kappa shape index (κ1) is 12.5. The van der Waals surface area contributed by atoms with Crippen LogP contribution in [-0.4, -0.2) is 12.1 Å². The van der Waals surface area contributed by atoms with E-state index in [-0.39, 0.29) is 11.8 Å². The number of pyridine rings is 1. The van der Waals surface area contributed by atoms with Crippen LogP contribution in [0.1, 0.15) is 22.7 Å². The zero-order valence-electron chi connectivity index (χ0n) is 10.4. The summed E-state index contributed by atoms with van der Waals surface area (Å²) < 4.78 is 18.5. The SMILES string of the molecule is COc1ccc(C(N)c2cnccc2C)cc1F. The van der Waals surface area contributed by atoms with Crippen LogP contribution >= 0.6 is 0 Å². The van der Waals surface area contributed by atoms with Crippen molar-refractivity contribution < 1.29 is 9.13 Å². The molecule has 0 amide bonds. The third kappa shape index (κ3) is 2.33. The van der Waals surface area contributed by atoms with Crippen LogP contribution < -0.4 is 10.5 Å². The molecule has 1 heterocycles. The van der Waals surface area contributed by atoms with Crippen molar-refractivity contribution in [2.75, 3.05) is 7.11 Å². The highest BCUT2D eigenvalue weighted by atomic mass is 19.1. The van der Waals surface area contributed by atoms with Crippen molar-refractivity contribution in [3.63, 3.8) is 0 Å². The summed E-state index contributed by atoms with van der Waals surface area (Å²) in [6.07, 6.45) is 3.42. The summed E-state index contributed by atoms with van der Waals surface area (Å²) in [6.45, 7) is 1.96. The van der Waals surface area contributed by atoms with Gasteiger partial charge in [-0.05, 0) is 41.8 Å². The number of nitrogens with zero attached hydrogens (tertiary/aromatic N) is 1. The van der Waals surface area contributed by atoms with Crippen LogP contribution in [0.3, 0.4) is 0 Å². The fourth-order valence-corrected chi connectivity index (χ4v) is 1.86. The molecule has 2 N–H and O–H groups in total. The molecular weight excluding hydrogens is 231 g/mol. The molecule has 1 aromatic carbocycles. The maximum absolute atomic E-state index is 13.6. The highest BCUT2D eigenvalue weighted by Crippen LogP contribution is 2.25. The van der Waals surface area contributed by atoms with E-state index in [1.807, 2.05) is 13.0 Å². The summed E-state index contributed by atoms with van der Waals surface area (Å²) >= 11 is 0. The van der Waals surface area contributed by atoms with Gasteiger partial charge >= 0.3 is 0 Å². The summed E-state index contributed by atoms with van der Waals surface area (Å²) in [5.41, 5.74) is 8.76. The van der Waals surface area contributed by atoms with Crippen molar-refractivity contribution in [3.8, 4) is 5.75 Å². The van der Waals surface area contributed by atoms with Gasteiger partial charge in [-0.1, -0.05) is 6.07 Å². The number of ether oxygens (including phenoxy) is 1. The van der Waals surface area contributed by atoms with E-state index in [4.69, 9.17) is 10.5 Å². The number of rotatable bonds is 3. The van der Waals surface area contributed by atoms with Crippen molar-refractivity contribution in [2.24, 2.45) is 5.73 Å². The normalized spacial score (nSPS) is 12.2. The van der Waals surface area contributed by atoms with Crippen LogP contribution in [0.15, 0.2) is 36.7 Å². The average Bonchev–Trinajstić information content (AvgIpc) is 2.38. The second-order valence-electron chi connectivity index (χ2n) is 4.10. The predicted octanol–water partition coefficient (Wildman–Crippen LogP) is 2.59. The predicted molar refractivity (Wildman–Crippen MR) is 68.0 cm³/mol. The Kier molecular flexibility index (Phi) is 3.58. The van der Waals surface area contributed by atoms with Crippen LogP contribution in [0.2, 0.25) is 0 Å². The number of hydrogen-bond acceptors (Lipinski definition) is 3. The summed E-state index contributed by atoms with van der Waals surface area (Å²) in [5, 5.41) is 0. The lowest BCUT2D eigenvalue weighted by Gasteiger charge is -2.15. The molecule has 0 aliphatic heterocycles. The van der Waals surface area contributed by atoms with Crippen LogP contribution in [0, 0.1) is 12.7 Å². The minimum atomic E-state index is -0.410. The average molecular weight is 246 g/mol. The Morgan fingerprint density at radius 1 is 1.33 bits per heavy atom. The summed E-state index contributed by atoms with van der Waals surface area (Å²) in [7, 11) is 1.43. The highest BCUT2D eigenvalue weighted by Gasteiger charge is 2.13. The number of methoxy groups -OCH3 is 1. The lowest BCUT2D eigenvalue weighted by molar-refractivity contribution is 0.386. The monoisotopic (exact) mass is 246 g/mol. The standard InChI is InChI=1S/C14H15FN2O/c1-9-5-6-17-8-11(9)14(16)10-3-4-13(18-2)12(15)7-10/h3-8,14H,16H2,1-2H3. The molecule has 18 heavy (non-hydrogen) atoms. The molecule has 3 nitrogen and oxygen atoms in total. The molecule has 0 fully saturated rings. The molecule has 1 aromatic heterocycles. The van der Waals surface area contributed by atoms with Gasteiger partial charge in [0, 0.05) is 12.4 Å². The Hall–Kier alpha value is -1.94. The number of hydrogen-bond donors (Lipinski definition) is 1. The van der Waals surface area contributed by atoms with E-state index < -0.39 is 5.82 Å². The van der Waals surface area contributed by atoms with Crippen LogP contribution in [0.4, 0.5) is 4.39 Å². The Labute approximate surface area is 105 Å². The molecule has 0 aliphatic rings. The van der Waals surface area contributed by atoms with Gasteiger partial charge < -0.3 is 10.5 Å². The van der Waals surface area contributed by atoms with Gasteiger partial charge in [-0.15, -0.1) is 0 Å². The van der Waals surface area contributed by atoms with Gasteiger partial charge in [0.2, 0.25) is 0 Å². The van der Waals surface area contributed by atoms with Crippen molar-refractivity contribution in [1.82, 2.24) is 4.98 Å². The Morgan fingerprint density at radius 2 is 2.11 bits per heavy atom. The number of halogens is 1. The molecule has 0 bridgehead atoms. The fraction of sp³-hybridized carbons (Fsp3) is 0.214. The van der Waals surface area contributed by atoms with Crippen molar-refractivity contribution in [2.45, 2.75) is 13.0 Å². The molecule has 0 radical (unpaired) electrons. The van der Waals surface area contributed by atoms with Crippen LogP contribution in [-0.2, 0) is 0 Å². The van der Waals surface area contributed by atoms with Gasteiger partial charge in [0.15, 0.2) is 11.6 Å². The van der Waals surface area contributed by atoms with E-state index in [1.54, 1.807) is 24.5 Å². The Bertz CT molecular complexity index is 557. The number of benzene rings is 1. The van der Waals surface area contributed by atoms with Crippen LogP contribution in [0.5, 0.6) is 5.75 Å². The zero-order chi connectivity index (χ0) is 13.1. The van der Waals surface area contributed by atoms with Crippen molar-refractivity contribution in [3.05, 3.63) is 59.2 Å². The topological polar surface area (TPSA) is 48.1 Å². The van der Waals surface area contributed by atoms with Gasteiger partial charge in [0.25, 0.3) is 0 Å². The maximum atomic E-state index is 13.6. The number of aromatic nitrogens is 1. The third-order valence-corrected chi connectivity index (χ3v) is 2.95. The molecule has 0 spiro atoms. The zero-order valence-corrected chi connectivity index (χ0v) is 10.4. The molecule has 4 heteroatoms. The van der Waals surface area contributed by atoms with Gasteiger partial charge in [0.1, 0.15) is 0 Å². The van der Waals surface area contributed by atoms with E-state index in [9.17, 15) is 4.39 Å². The lowest BCUT2D eigenvalue weighted by atomic mass is 9.97. The second-order valence-corrected chi connectivity index (χ2v) is 4.10. The van der Waals surface area contributed by atoms with E-state index >= 15 is 0 Å². The molecular formula is C14H15FN2O. The molecule has 2 aromatic rings. The van der Waals surface area contributed by atoms with E-state index in [1.165, 1.54) is 13.2 Å². The molecule has 0 saturated heterocycles. The molecule has 0 saturated carbocycles. The number of nitrogens with two attached hydrogens (primary N) is 1. The minimum absolute atomic E-state index is 0.217. The first-order valence-electron chi connectivity index (χ1n) is 5.63. The minimum Gasteiger partial charge on any atom is -0.494 e. The van der Waals surface area contributed by atoms with Crippen LogP contribution in [0.25, 0.3) is 0 Å². The lowest BCUT2D eigenvalue weighted by Crippen LogP contribution is -2.14. The molecule has 1 atom stereocenters.